The van der Waals surface area contributed by atoms with Crippen LogP contribution < -0.4 is 0 Å². The number of aliphatic hydroxyl groups is 2. The summed E-state index contributed by atoms with van der Waals surface area (Å²) < 4.78 is 0. The number of carboxylic acids is 3. The van der Waals surface area contributed by atoms with Crippen molar-refractivity contribution in [3.63, 3.8) is 0 Å². The molecule has 0 aliphatic rings. The Morgan fingerprint density at radius 2 is 1.53 bits per heavy atom. The van der Waals surface area contributed by atoms with E-state index in [-0.39, 0.29) is 51.4 Å². The zero-order chi connectivity index (χ0) is 11.5. The zero-order valence-electron chi connectivity index (χ0n) is 7.75. The van der Waals surface area contributed by atoms with Crippen LogP contribution in [0.25, 0.3) is 0 Å². The average molecular weight is 247 g/mol. The molecule has 9 heteroatoms. The summed E-state index contributed by atoms with van der Waals surface area (Å²) in [4.78, 5) is 30.7. The molecule has 8 nitrogen and oxygen atoms in total. The molecule has 0 bridgehead atoms. The van der Waals surface area contributed by atoms with Crippen LogP contribution in [0.5, 0.6) is 0 Å². The summed E-state index contributed by atoms with van der Waals surface area (Å²) >= 11 is 0. The van der Waals surface area contributed by atoms with Gasteiger partial charge in [0.15, 0.2) is 6.10 Å². The fraction of sp³-hybridized carbons (Fsp3) is 0.500. The maximum absolute atomic E-state index is 10.4. The van der Waals surface area contributed by atoms with Crippen molar-refractivity contribution in [2.75, 3.05) is 0 Å². The molecule has 0 fully saturated rings. The molecular formula is C6H8KO8. The van der Waals surface area contributed by atoms with Crippen molar-refractivity contribution in [2.24, 2.45) is 0 Å². The minimum atomic E-state index is -3.22. The number of rotatable bonds is 5. The molecule has 0 saturated heterocycles. The molecule has 81 valence electrons. The van der Waals surface area contributed by atoms with E-state index in [1.54, 1.807) is 0 Å². The van der Waals surface area contributed by atoms with E-state index >= 15 is 0 Å². The second-order valence-electron chi connectivity index (χ2n) is 2.54. The van der Waals surface area contributed by atoms with Gasteiger partial charge in [0.05, 0.1) is 6.42 Å². The summed E-state index contributed by atoms with van der Waals surface area (Å²) in [5.41, 5.74) is -3.22. The van der Waals surface area contributed by atoms with E-state index in [4.69, 9.17) is 25.5 Å². The van der Waals surface area contributed by atoms with Gasteiger partial charge in [-0.25, -0.2) is 9.59 Å². The van der Waals surface area contributed by atoms with Crippen LogP contribution >= 0.6 is 0 Å². The number of carbonyl (C=O) groups is 3. The third-order valence-corrected chi connectivity index (χ3v) is 1.48. The zero-order valence-corrected chi connectivity index (χ0v) is 10.9. The largest absolute Gasteiger partial charge is 0.481 e. The molecule has 0 saturated carbocycles. The summed E-state index contributed by atoms with van der Waals surface area (Å²) in [6, 6.07) is 0. The van der Waals surface area contributed by atoms with Crippen LogP contribution in [0.15, 0.2) is 0 Å². The minimum absolute atomic E-state index is 0. The van der Waals surface area contributed by atoms with Gasteiger partial charge < -0.3 is 25.5 Å². The second-order valence-corrected chi connectivity index (χ2v) is 2.54. The molecule has 0 unspecified atom stereocenters. The standard InChI is InChI=1S/C6H8O8.K/c7-2(8)1-6(14,5(12)13)3(9)4(10)11;/h3,9,14H,1H2,(H,7,8)(H,10,11)(H,12,13);/t3-,6+;/m1./s1. The van der Waals surface area contributed by atoms with Crippen LogP contribution in [0.4, 0.5) is 0 Å². The number of carboxylic acid groups (broad SMARTS) is 3. The molecule has 2 atom stereocenters. The van der Waals surface area contributed by atoms with Crippen molar-refractivity contribution >= 4 is 69.3 Å². The summed E-state index contributed by atoms with van der Waals surface area (Å²) in [7, 11) is 0. The van der Waals surface area contributed by atoms with E-state index in [2.05, 4.69) is 0 Å². The fourth-order valence-corrected chi connectivity index (χ4v) is 0.724. The Morgan fingerprint density at radius 1 is 1.13 bits per heavy atom. The van der Waals surface area contributed by atoms with Gasteiger partial charge in [-0.15, -0.1) is 0 Å². The molecule has 0 rings (SSSR count). The molecule has 1 radical (unpaired) electrons. The van der Waals surface area contributed by atoms with E-state index < -0.39 is 36.0 Å². The van der Waals surface area contributed by atoms with Gasteiger partial charge in [0.1, 0.15) is 0 Å². The number of aliphatic carboxylic acids is 3. The Hall–Kier alpha value is -0.0336. The van der Waals surface area contributed by atoms with Crippen LogP contribution in [0.3, 0.4) is 0 Å². The molecule has 15 heavy (non-hydrogen) atoms. The van der Waals surface area contributed by atoms with Crippen molar-refractivity contribution in [1.29, 1.82) is 0 Å². The molecule has 0 heterocycles. The van der Waals surface area contributed by atoms with E-state index in [9.17, 15) is 14.4 Å². The van der Waals surface area contributed by atoms with Crippen LogP contribution in [0.2, 0.25) is 0 Å². The molecule has 0 aliphatic heterocycles. The summed E-state index contributed by atoms with van der Waals surface area (Å²) in [5, 5.41) is 42.6. The normalized spacial score (nSPS) is 15.6. The first-order valence-corrected chi connectivity index (χ1v) is 3.30. The summed E-state index contributed by atoms with van der Waals surface area (Å²) in [6.45, 7) is 0. The van der Waals surface area contributed by atoms with Gasteiger partial charge in [0.25, 0.3) is 0 Å². The predicted molar refractivity (Wildman–Crippen MR) is 44.2 cm³/mol. The first kappa shape index (κ1) is 17.4. The molecule has 0 aromatic rings. The fourth-order valence-electron chi connectivity index (χ4n) is 0.724. The van der Waals surface area contributed by atoms with Crippen molar-refractivity contribution in [3.8, 4) is 0 Å². The third-order valence-electron chi connectivity index (χ3n) is 1.48. The van der Waals surface area contributed by atoms with Gasteiger partial charge in [-0.1, -0.05) is 0 Å². The average Bonchev–Trinajstić information content (AvgIpc) is 2.00. The first-order chi connectivity index (χ1) is 6.21. The Kier molecular flexibility index (Phi) is 7.56. The van der Waals surface area contributed by atoms with Crippen LogP contribution in [0, 0.1) is 0 Å². The predicted octanol–water partition coefficient (Wildman–Crippen LogP) is -2.66. The monoisotopic (exact) mass is 247 g/mol. The van der Waals surface area contributed by atoms with E-state index in [1.807, 2.05) is 0 Å². The molecular weight excluding hydrogens is 239 g/mol. The van der Waals surface area contributed by atoms with E-state index in [1.165, 1.54) is 0 Å². The molecule has 0 aromatic heterocycles. The van der Waals surface area contributed by atoms with Crippen LogP contribution in [-0.2, 0) is 14.4 Å². The maximum Gasteiger partial charge on any atom is 0.339 e. The van der Waals surface area contributed by atoms with Gasteiger partial charge in [0, 0.05) is 51.4 Å². The van der Waals surface area contributed by atoms with Crippen molar-refractivity contribution in [2.45, 2.75) is 18.1 Å². The molecule has 0 aliphatic carbocycles. The Labute approximate surface area is 126 Å². The second kappa shape index (κ2) is 6.53. The summed E-state index contributed by atoms with van der Waals surface area (Å²) in [5.74, 6) is -5.87. The molecule has 0 amide bonds. The van der Waals surface area contributed by atoms with Crippen molar-refractivity contribution in [1.82, 2.24) is 0 Å². The van der Waals surface area contributed by atoms with Gasteiger partial charge >= 0.3 is 17.9 Å². The summed E-state index contributed by atoms with van der Waals surface area (Å²) in [6.07, 6.45) is -4.11. The topological polar surface area (TPSA) is 152 Å². The molecule has 0 aromatic carbocycles. The quantitative estimate of drug-likeness (QED) is 0.330. The van der Waals surface area contributed by atoms with Crippen molar-refractivity contribution < 1.29 is 39.9 Å². The molecule has 0 spiro atoms. The SMILES string of the molecule is O=C(O)C[C@@](O)(C(=O)O)[C@H](O)C(=O)O.[K]. The van der Waals surface area contributed by atoms with Crippen LogP contribution in [0.1, 0.15) is 6.42 Å². The van der Waals surface area contributed by atoms with Gasteiger partial charge in [-0.3, -0.25) is 4.79 Å². The number of aliphatic hydroxyl groups excluding tert-OH is 1. The van der Waals surface area contributed by atoms with Gasteiger partial charge in [0.2, 0.25) is 5.60 Å². The van der Waals surface area contributed by atoms with Gasteiger partial charge in [-0.2, -0.15) is 0 Å². The van der Waals surface area contributed by atoms with E-state index in [0.717, 1.165) is 0 Å². The van der Waals surface area contributed by atoms with Crippen molar-refractivity contribution in [3.05, 3.63) is 0 Å². The number of hydrogen-bond donors (Lipinski definition) is 5. The van der Waals surface area contributed by atoms with Crippen LogP contribution in [-0.4, -0.2) is 107 Å². The minimum Gasteiger partial charge on any atom is -0.481 e. The third kappa shape index (κ3) is 4.55. The Bertz CT molecular complexity index is 276. The first-order valence-electron chi connectivity index (χ1n) is 3.30. The number of hydrogen-bond acceptors (Lipinski definition) is 5. The van der Waals surface area contributed by atoms with Gasteiger partial charge in [-0.05, 0) is 0 Å². The Morgan fingerprint density at radius 3 is 1.73 bits per heavy atom. The smallest absolute Gasteiger partial charge is 0.339 e. The van der Waals surface area contributed by atoms with E-state index in [0.29, 0.717) is 0 Å². The molecule has 5 N–H and O–H groups in total. The Balaban J connectivity index is 0. The maximum atomic E-state index is 10.4.